The Morgan fingerprint density at radius 3 is 3.00 bits per heavy atom. The molecule has 0 spiro atoms. The number of hydrogen-bond donors (Lipinski definition) is 1. The first kappa shape index (κ1) is 15.0. The summed E-state index contributed by atoms with van der Waals surface area (Å²) in [6.45, 7) is 5.26. The minimum Gasteiger partial charge on any atom is -0.441 e. The van der Waals surface area contributed by atoms with Crippen molar-refractivity contribution in [3.05, 3.63) is 30.2 Å². The third-order valence-corrected chi connectivity index (χ3v) is 4.04. The topological polar surface area (TPSA) is 64.4 Å². The number of ether oxygens (including phenoxy) is 1. The summed E-state index contributed by atoms with van der Waals surface area (Å²) in [5.74, 6) is 0.800. The highest BCUT2D eigenvalue weighted by atomic mass is 16.5. The van der Waals surface area contributed by atoms with Gasteiger partial charge in [-0.3, -0.25) is 4.79 Å². The van der Waals surface area contributed by atoms with Crippen molar-refractivity contribution in [1.29, 1.82) is 0 Å². The summed E-state index contributed by atoms with van der Waals surface area (Å²) in [4.78, 5) is 16.6. The van der Waals surface area contributed by atoms with Gasteiger partial charge in [0.1, 0.15) is 5.52 Å². The van der Waals surface area contributed by atoms with Gasteiger partial charge < -0.3 is 14.5 Å². The van der Waals surface area contributed by atoms with Crippen molar-refractivity contribution >= 4 is 17.0 Å². The van der Waals surface area contributed by atoms with Gasteiger partial charge in [-0.1, -0.05) is 12.1 Å². The van der Waals surface area contributed by atoms with E-state index in [2.05, 4.69) is 10.3 Å². The fraction of sp³-hybridized carbons (Fsp3) is 0.529. The van der Waals surface area contributed by atoms with E-state index in [1.807, 2.05) is 38.1 Å². The van der Waals surface area contributed by atoms with Gasteiger partial charge in [0.25, 0.3) is 0 Å². The predicted molar refractivity (Wildman–Crippen MR) is 83.5 cm³/mol. The molecule has 1 amide bonds. The smallest absolute Gasteiger partial charge is 0.223 e. The number of nitrogens with zero attached hydrogens (tertiary/aromatic N) is 1. The van der Waals surface area contributed by atoms with Gasteiger partial charge in [0.2, 0.25) is 5.91 Å². The first-order valence-electron chi connectivity index (χ1n) is 7.80. The molecule has 1 atom stereocenters. The Morgan fingerprint density at radius 2 is 2.23 bits per heavy atom. The molecule has 0 aliphatic carbocycles. The summed E-state index contributed by atoms with van der Waals surface area (Å²) in [7, 11) is 0. The van der Waals surface area contributed by atoms with E-state index < -0.39 is 0 Å². The maximum Gasteiger partial charge on any atom is 0.223 e. The van der Waals surface area contributed by atoms with Crippen LogP contribution in [-0.4, -0.2) is 29.6 Å². The Bertz CT molecular complexity index is 630. The zero-order valence-electron chi connectivity index (χ0n) is 13.1. The van der Waals surface area contributed by atoms with Crippen LogP contribution >= 0.6 is 0 Å². The first-order chi connectivity index (χ1) is 10.5. The third kappa shape index (κ3) is 3.47. The van der Waals surface area contributed by atoms with E-state index in [9.17, 15) is 4.79 Å². The monoisotopic (exact) mass is 302 g/mol. The molecule has 1 N–H and O–H groups in total. The molecule has 5 heteroatoms. The largest absolute Gasteiger partial charge is 0.441 e. The van der Waals surface area contributed by atoms with Crippen molar-refractivity contribution in [2.75, 3.05) is 13.2 Å². The fourth-order valence-corrected chi connectivity index (χ4v) is 2.92. The first-order valence-corrected chi connectivity index (χ1v) is 7.80. The summed E-state index contributed by atoms with van der Waals surface area (Å²) < 4.78 is 11.3. The maximum absolute atomic E-state index is 12.2. The number of hydrogen-bond acceptors (Lipinski definition) is 4. The lowest BCUT2D eigenvalue weighted by Crippen LogP contribution is -2.41. The summed E-state index contributed by atoms with van der Waals surface area (Å²) in [5, 5.41) is 2.99. The normalized spacial score (nSPS) is 20.9. The summed E-state index contributed by atoms with van der Waals surface area (Å²) in [6.07, 6.45) is 2.16. The SMILES string of the molecule is CC1(C)CC(C(=O)NCCc2nc3ccccc3o2)CCO1. The number of nitrogens with one attached hydrogen (secondary N) is 1. The molecule has 1 fully saturated rings. The molecular weight excluding hydrogens is 280 g/mol. The van der Waals surface area contributed by atoms with E-state index >= 15 is 0 Å². The van der Waals surface area contributed by atoms with Gasteiger partial charge in [-0.05, 0) is 38.8 Å². The predicted octanol–water partition coefficient (Wildman–Crippen LogP) is 2.69. The summed E-state index contributed by atoms with van der Waals surface area (Å²) >= 11 is 0. The van der Waals surface area contributed by atoms with Crippen LogP contribution in [0.25, 0.3) is 11.1 Å². The molecule has 2 heterocycles. The van der Waals surface area contributed by atoms with Crippen LogP contribution in [0.3, 0.4) is 0 Å². The molecule has 1 aromatic heterocycles. The molecule has 1 saturated heterocycles. The molecule has 1 aliphatic heterocycles. The van der Waals surface area contributed by atoms with Gasteiger partial charge in [0.05, 0.1) is 5.60 Å². The van der Waals surface area contributed by atoms with Gasteiger partial charge in [0.15, 0.2) is 11.5 Å². The molecule has 0 radical (unpaired) electrons. The van der Waals surface area contributed by atoms with Gasteiger partial charge in [-0.15, -0.1) is 0 Å². The van der Waals surface area contributed by atoms with Gasteiger partial charge >= 0.3 is 0 Å². The minimum atomic E-state index is -0.208. The second-order valence-electron chi connectivity index (χ2n) is 6.41. The van der Waals surface area contributed by atoms with E-state index in [1.165, 1.54) is 0 Å². The molecular formula is C17H22N2O3. The molecule has 0 saturated carbocycles. The van der Waals surface area contributed by atoms with Crippen LogP contribution in [-0.2, 0) is 16.0 Å². The number of para-hydroxylation sites is 2. The Balaban J connectivity index is 1.51. The van der Waals surface area contributed by atoms with Crippen LogP contribution in [0.1, 0.15) is 32.6 Å². The van der Waals surface area contributed by atoms with Gasteiger partial charge in [-0.2, -0.15) is 0 Å². The number of oxazole rings is 1. The second-order valence-corrected chi connectivity index (χ2v) is 6.41. The van der Waals surface area contributed by atoms with Crippen molar-refractivity contribution in [1.82, 2.24) is 10.3 Å². The summed E-state index contributed by atoms with van der Waals surface area (Å²) in [5.41, 5.74) is 1.44. The van der Waals surface area contributed by atoms with Crippen molar-refractivity contribution in [3.63, 3.8) is 0 Å². The van der Waals surface area contributed by atoms with Crippen LogP contribution in [0, 0.1) is 5.92 Å². The molecule has 1 aromatic carbocycles. The van der Waals surface area contributed by atoms with Crippen LogP contribution < -0.4 is 5.32 Å². The zero-order valence-corrected chi connectivity index (χ0v) is 13.1. The average molecular weight is 302 g/mol. The van der Waals surface area contributed by atoms with Gasteiger partial charge in [0, 0.05) is 25.5 Å². The molecule has 118 valence electrons. The number of amides is 1. The number of carbonyl (C=O) groups is 1. The van der Waals surface area contributed by atoms with E-state index in [4.69, 9.17) is 9.15 Å². The van der Waals surface area contributed by atoms with E-state index in [1.54, 1.807) is 0 Å². The lowest BCUT2D eigenvalue weighted by molar-refractivity contribution is -0.135. The van der Waals surface area contributed by atoms with E-state index in [-0.39, 0.29) is 17.4 Å². The molecule has 2 aromatic rings. The fourth-order valence-electron chi connectivity index (χ4n) is 2.92. The number of aromatic nitrogens is 1. The average Bonchev–Trinajstić information content (AvgIpc) is 2.88. The lowest BCUT2D eigenvalue weighted by atomic mass is 9.88. The number of fused-ring (bicyclic) bond motifs is 1. The number of benzene rings is 1. The quantitative estimate of drug-likeness (QED) is 0.943. The van der Waals surface area contributed by atoms with Crippen molar-refractivity contribution in [3.8, 4) is 0 Å². The van der Waals surface area contributed by atoms with Crippen LogP contribution in [0.4, 0.5) is 0 Å². The van der Waals surface area contributed by atoms with Crippen LogP contribution in [0.15, 0.2) is 28.7 Å². The van der Waals surface area contributed by atoms with Crippen molar-refractivity contribution in [2.45, 2.75) is 38.7 Å². The molecule has 22 heavy (non-hydrogen) atoms. The Labute approximate surface area is 130 Å². The second kappa shape index (κ2) is 6.08. The molecule has 1 unspecified atom stereocenters. The van der Waals surface area contributed by atoms with E-state index in [0.717, 1.165) is 23.9 Å². The van der Waals surface area contributed by atoms with Gasteiger partial charge in [-0.25, -0.2) is 4.98 Å². The van der Waals surface area contributed by atoms with E-state index in [0.29, 0.717) is 25.5 Å². The summed E-state index contributed by atoms with van der Waals surface area (Å²) in [6, 6.07) is 7.68. The van der Waals surface area contributed by atoms with Crippen molar-refractivity contribution < 1.29 is 13.9 Å². The standard InChI is InChI=1S/C17H22N2O3/c1-17(2)11-12(8-10-21-17)16(20)18-9-7-15-19-13-5-3-4-6-14(13)22-15/h3-6,12H,7-11H2,1-2H3,(H,18,20). The van der Waals surface area contributed by atoms with Crippen molar-refractivity contribution in [2.24, 2.45) is 5.92 Å². The van der Waals surface area contributed by atoms with Crippen LogP contribution in [0.2, 0.25) is 0 Å². The maximum atomic E-state index is 12.2. The Morgan fingerprint density at radius 1 is 1.41 bits per heavy atom. The highest BCUT2D eigenvalue weighted by Gasteiger charge is 2.32. The lowest BCUT2D eigenvalue weighted by Gasteiger charge is -2.34. The molecule has 3 rings (SSSR count). The highest BCUT2D eigenvalue weighted by Crippen LogP contribution is 2.28. The molecule has 1 aliphatic rings. The minimum absolute atomic E-state index is 0.0346. The third-order valence-electron chi connectivity index (χ3n) is 4.04. The number of carbonyl (C=O) groups excluding carboxylic acids is 1. The molecule has 0 bridgehead atoms. The highest BCUT2D eigenvalue weighted by molar-refractivity contribution is 5.78. The van der Waals surface area contributed by atoms with Crippen LogP contribution in [0.5, 0.6) is 0 Å². The Kier molecular flexibility index (Phi) is 4.16. The Hall–Kier alpha value is -1.88. The molecule has 5 nitrogen and oxygen atoms in total. The zero-order chi connectivity index (χ0) is 15.6. The number of rotatable bonds is 4.